The van der Waals surface area contributed by atoms with Crippen LogP contribution < -0.4 is 10.1 Å². The van der Waals surface area contributed by atoms with Gasteiger partial charge in [-0.1, -0.05) is 61.5 Å². The van der Waals surface area contributed by atoms with Gasteiger partial charge in [0.2, 0.25) is 0 Å². The smallest absolute Gasteiger partial charge is 0.323 e. The molecule has 3 heterocycles. The lowest BCUT2D eigenvalue weighted by Gasteiger charge is -2.31. The SMILES string of the molecule is CCc1nn(-c2ccccc2)c2c1CN(C(=O)Nc1cc(C)ccc1OC)[C@H](c1ccccc1)c1cccn1-2. The molecule has 0 unspecified atom stereocenters. The van der Waals surface area contributed by atoms with Crippen LogP contribution in [0.25, 0.3) is 11.5 Å². The van der Waals surface area contributed by atoms with Crippen molar-refractivity contribution < 1.29 is 9.53 Å². The van der Waals surface area contributed by atoms with E-state index >= 15 is 0 Å². The zero-order chi connectivity index (χ0) is 26.9. The molecule has 1 atom stereocenters. The Bertz CT molecular complexity index is 1620. The number of aromatic nitrogens is 3. The van der Waals surface area contributed by atoms with Gasteiger partial charge in [0, 0.05) is 11.8 Å². The molecular formula is C32H31N5O2. The standard InChI is InChI=1S/C32H31N5O2/c1-4-26-25-21-36(32(38)33-27-20-22(2)17-18-29(27)39-3)30(23-12-7-5-8-13-23)28-16-11-19-35(28)31(25)37(34-26)24-14-9-6-10-15-24/h5-20,30H,4,21H2,1-3H3,(H,33,38)/t30-/m1/s1. The maximum atomic E-state index is 14.2. The van der Waals surface area contributed by atoms with E-state index in [2.05, 4.69) is 53.3 Å². The molecule has 5 aromatic rings. The summed E-state index contributed by atoms with van der Waals surface area (Å²) in [4.78, 5) is 16.1. The number of carbonyl (C=O) groups excluding carboxylic acids is 1. The Balaban J connectivity index is 1.54. The Hall–Kier alpha value is -4.78. The average molecular weight is 518 g/mol. The summed E-state index contributed by atoms with van der Waals surface area (Å²) < 4.78 is 9.75. The molecule has 2 amide bonds. The minimum atomic E-state index is -0.321. The minimum absolute atomic E-state index is 0.206. The number of para-hydroxylation sites is 1. The first-order valence-electron chi connectivity index (χ1n) is 13.2. The number of carbonyl (C=O) groups is 1. The molecule has 0 fully saturated rings. The van der Waals surface area contributed by atoms with E-state index < -0.39 is 0 Å². The normalized spacial score (nSPS) is 14.3. The lowest BCUT2D eigenvalue weighted by molar-refractivity contribution is 0.194. The van der Waals surface area contributed by atoms with E-state index in [9.17, 15) is 4.79 Å². The summed E-state index contributed by atoms with van der Waals surface area (Å²) in [5.41, 5.74) is 6.68. The third kappa shape index (κ3) is 4.36. The number of hydrogen-bond acceptors (Lipinski definition) is 3. The second kappa shape index (κ2) is 10.2. The molecule has 0 spiro atoms. The highest BCUT2D eigenvalue weighted by Gasteiger charge is 2.36. The van der Waals surface area contributed by atoms with E-state index in [1.807, 2.05) is 77.2 Å². The quantitative estimate of drug-likeness (QED) is 0.283. The summed E-state index contributed by atoms with van der Waals surface area (Å²) in [5.74, 6) is 1.58. The van der Waals surface area contributed by atoms with Crippen molar-refractivity contribution in [3.8, 4) is 17.3 Å². The van der Waals surface area contributed by atoms with Gasteiger partial charge in [0.1, 0.15) is 11.6 Å². The van der Waals surface area contributed by atoms with Gasteiger partial charge in [-0.3, -0.25) is 0 Å². The lowest BCUT2D eigenvalue weighted by Crippen LogP contribution is -2.38. The molecule has 6 rings (SSSR count). The molecule has 0 saturated carbocycles. The highest BCUT2D eigenvalue weighted by atomic mass is 16.5. The molecule has 0 bridgehead atoms. The summed E-state index contributed by atoms with van der Waals surface area (Å²) in [6.45, 7) is 4.50. The number of hydrogen-bond donors (Lipinski definition) is 1. The molecule has 39 heavy (non-hydrogen) atoms. The number of amides is 2. The number of nitrogens with one attached hydrogen (secondary N) is 1. The Morgan fingerprint density at radius 2 is 1.74 bits per heavy atom. The van der Waals surface area contributed by atoms with E-state index in [-0.39, 0.29) is 12.1 Å². The van der Waals surface area contributed by atoms with Crippen molar-refractivity contribution in [3.05, 3.63) is 125 Å². The van der Waals surface area contributed by atoms with E-state index in [4.69, 9.17) is 9.84 Å². The summed E-state index contributed by atoms with van der Waals surface area (Å²) in [6.07, 6.45) is 2.81. The molecule has 0 saturated heterocycles. The summed E-state index contributed by atoms with van der Waals surface area (Å²) >= 11 is 0. The van der Waals surface area contributed by atoms with Crippen LogP contribution in [0.15, 0.2) is 97.2 Å². The monoisotopic (exact) mass is 517 g/mol. The van der Waals surface area contributed by atoms with Crippen LogP contribution in [0.3, 0.4) is 0 Å². The molecule has 7 nitrogen and oxygen atoms in total. The van der Waals surface area contributed by atoms with Crippen LogP contribution in [0, 0.1) is 6.92 Å². The van der Waals surface area contributed by atoms with Gasteiger partial charge in [0.05, 0.1) is 42.5 Å². The predicted molar refractivity (Wildman–Crippen MR) is 153 cm³/mol. The van der Waals surface area contributed by atoms with Gasteiger partial charge in [0.25, 0.3) is 0 Å². The second-order valence-electron chi connectivity index (χ2n) is 9.73. The van der Waals surface area contributed by atoms with Gasteiger partial charge in [0.15, 0.2) is 0 Å². The van der Waals surface area contributed by atoms with Crippen LogP contribution in [-0.2, 0) is 13.0 Å². The van der Waals surface area contributed by atoms with Crippen LogP contribution in [-0.4, -0.2) is 32.4 Å². The van der Waals surface area contributed by atoms with Crippen molar-refractivity contribution in [3.63, 3.8) is 0 Å². The predicted octanol–water partition coefficient (Wildman–Crippen LogP) is 6.68. The number of methoxy groups -OCH3 is 1. The van der Waals surface area contributed by atoms with Crippen LogP contribution in [0.2, 0.25) is 0 Å². The fraction of sp³-hybridized carbons (Fsp3) is 0.188. The molecule has 0 aliphatic carbocycles. The molecular weight excluding hydrogens is 486 g/mol. The van der Waals surface area contributed by atoms with Crippen molar-refractivity contribution in [2.24, 2.45) is 0 Å². The van der Waals surface area contributed by atoms with Crippen molar-refractivity contribution in [1.82, 2.24) is 19.2 Å². The molecule has 2 aromatic heterocycles. The number of rotatable bonds is 5. The second-order valence-corrected chi connectivity index (χ2v) is 9.73. The molecule has 3 aromatic carbocycles. The molecule has 0 radical (unpaired) electrons. The number of aryl methyl sites for hydroxylation is 2. The summed E-state index contributed by atoms with van der Waals surface area (Å²) in [7, 11) is 1.61. The third-order valence-corrected chi connectivity index (χ3v) is 7.28. The van der Waals surface area contributed by atoms with Gasteiger partial charge >= 0.3 is 6.03 Å². The third-order valence-electron chi connectivity index (χ3n) is 7.28. The van der Waals surface area contributed by atoms with Crippen molar-refractivity contribution >= 4 is 11.7 Å². The largest absolute Gasteiger partial charge is 0.495 e. The minimum Gasteiger partial charge on any atom is -0.495 e. The molecule has 1 N–H and O–H groups in total. The van der Waals surface area contributed by atoms with E-state index in [0.717, 1.165) is 46.0 Å². The number of anilines is 1. The zero-order valence-electron chi connectivity index (χ0n) is 22.3. The highest BCUT2D eigenvalue weighted by Crippen LogP contribution is 2.39. The van der Waals surface area contributed by atoms with Crippen LogP contribution in [0.4, 0.5) is 10.5 Å². The van der Waals surface area contributed by atoms with E-state index in [1.165, 1.54) is 0 Å². The number of ether oxygens (including phenoxy) is 1. The molecule has 196 valence electrons. The van der Waals surface area contributed by atoms with Crippen LogP contribution >= 0.6 is 0 Å². The van der Waals surface area contributed by atoms with Gasteiger partial charge in [-0.05, 0) is 60.9 Å². The first kappa shape index (κ1) is 24.6. The number of benzene rings is 3. The van der Waals surface area contributed by atoms with Crippen LogP contribution in [0.1, 0.15) is 41.0 Å². The van der Waals surface area contributed by atoms with Crippen molar-refractivity contribution in [1.29, 1.82) is 0 Å². The zero-order valence-corrected chi connectivity index (χ0v) is 22.3. The van der Waals surface area contributed by atoms with Crippen molar-refractivity contribution in [2.45, 2.75) is 32.9 Å². The van der Waals surface area contributed by atoms with E-state index in [1.54, 1.807) is 7.11 Å². The first-order chi connectivity index (χ1) is 19.1. The molecule has 7 heteroatoms. The number of nitrogens with zero attached hydrogens (tertiary/aromatic N) is 4. The first-order valence-corrected chi connectivity index (χ1v) is 13.2. The highest BCUT2D eigenvalue weighted by molar-refractivity contribution is 5.92. The van der Waals surface area contributed by atoms with Crippen LogP contribution in [0.5, 0.6) is 5.75 Å². The van der Waals surface area contributed by atoms with Gasteiger partial charge in [-0.15, -0.1) is 0 Å². The maximum absolute atomic E-state index is 14.2. The lowest BCUT2D eigenvalue weighted by atomic mass is 10.0. The van der Waals surface area contributed by atoms with Gasteiger partial charge in [-0.2, -0.15) is 5.10 Å². The number of urea groups is 1. The topological polar surface area (TPSA) is 64.3 Å². The Kier molecular flexibility index (Phi) is 6.40. The fourth-order valence-corrected chi connectivity index (χ4v) is 5.44. The summed E-state index contributed by atoms with van der Waals surface area (Å²) in [6, 6.07) is 29.7. The average Bonchev–Trinajstić information content (AvgIpc) is 3.55. The fourth-order valence-electron chi connectivity index (χ4n) is 5.44. The van der Waals surface area contributed by atoms with Gasteiger partial charge in [-0.25, -0.2) is 9.48 Å². The molecule has 1 aliphatic rings. The molecule has 1 aliphatic heterocycles. The Morgan fingerprint density at radius 1 is 1.00 bits per heavy atom. The van der Waals surface area contributed by atoms with Gasteiger partial charge < -0.3 is 19.5 Å². The van der Waals surface area contributed by atoms with Crippen molar-refractivity contribution in [2.75, 3.05) is 12.4 Å². The maximum Gasteiger partial charge on any atom is 0.323 e. The Morgan fingerprint density at radius 3 is 2.46 bits per heavy atom. The van der Waals surface area contributed by atoms with E-state index in [0.29, 0.717) is 18.0 Å². The summed E-state index contributed by atoms with van der Waals surface area (Å²) in [5, 5.41) is 8.19. The Labute approximate surface area is 228 Å². The number of fused-ring (bicyclic) bond motifs is 3.